The van der Waals surface area contributed by atoms with Gasteiger partial charge in [0.25, 0.3) is 0 Å². The maximum absolute atomic E-state index is 12.3. The zero-order chi connectivity index (χ0) is 48.7. The van der Waals surface area contributed by atoms with Crippen molar-refractivity contribution in [3.8, 4) is 11.5 Å². The molecule has 11 rings (SSSR count). The van der Waals surface area contributed by atoms with Gasteiger partial charge >= 0.3 is 11.9 Å². The molecule has 4 aliphatic rings. The molecule has 10 nitrogen and oxygen atoms in total. The molecule has 0 bridgehead atoms. The molecular formula is C60H54N4O6. The zero-order valence-corrected chi connectivity index (χ0v) is 40.3. The van der Waals surface area contributed by atoms with Crippen molar-refractivity contribution in [3.05, 3.63) is 191 Å². The van der Waals surface area contributed by atoms with E-state index in [1.165, 1.54) is 12.2 Å². The Balaban J connectivity index is 1.00. The highest BCUT2D eigenvalue weighted by Crippen LogP contribution is 2.57. The number of ether oxygens (including phenoxy) is 4. The van der Waals surface area contributed by atoms with E-state index in [9.17, 15) is 9.59 Å². The van der Waals surface area contributed by atoms with Crippen LogP contribution in [0.2, 0.25) is 0 Å². The molecule has 2 spiro atoms. The Hall–Kier alpha value is -7.98. The summed E-state index contributed by atoms with van der Waals surface area (Å²) in [5.74, 6) is 0.334. The molecule has 2 atom stereocenters. The van der Waals surface area contributed by atoms with Crippen molar-refractivity contribution < 1.29 is 28.5 Å². The third-order valence-electron chi connectivity index (χ3n) is 15.2. The summed E-state index contributed by atoms with van der Waals surface area (Å²) in [6, 6.07) is 41.6. The van der Waals surface area contributed by atoms with E-state index >= 15 is 0 Å². The van der Waals surface area contributed by atoms with E-state index in [4.69, 9.17) is 28.9 Å². The van der Waals surface area contributed by atoms with Gasteiger partial charge in [0, 0.05) is 69.4 Å². The standard InChI is InChI=1S/C60H54N4O6/c1-9-51(65)67-33-43-35(3)55-53(41-21-13-11-19-39(41)43)61-49(59(69-55)57(5,6)45-23-15-17-25-47(45)63-59)31-37-27-29-38(30-28-37)32-50-60(58(7,8)46-24-16-18-26-48(46)64-60)70-56-36(4)44(34-68-52(66)10-2)40-20-12-14-22-42(40)54(56)62-50/h9-30,63-64H,1-2,31-34H2,3-8H3. The zero-order valence-electron chi connectivity index (χ0n) is 40.3. The van der Waals surface area contributed by atoms with Crippen LogP contribution in [0.5, 0.6) is 11.5 Å². The lowest BCUT2D eigenvalue weighted by Gasteiger charge is -2.45. The van der Waals surface area contributed by atoms with Gasteiger partial charge in [-0.2, -0.15) is 0 Å². The fraction of sp³-hybridized carbons (Fsp3) is 0.233. The van der Waals surface area contributed by atoms with Crippen LogP contribution < -0.4 is 20.1 Å². The SMILES string of the molecule is C=CC(=O)OCc1c(C)c2c(c3ccccc13)N=C(Cc1ccc(CC3=Nc4c(c(C)c(COC(=O)C=C)c5ccccc45)OC34Nc3ccccc3C4(C)C)cc1)C1(Nc3ccccc3C1(C)C)O2. The van der Waals surface area contributed by atoms with E-state index in [-0.39, 0.29) is 13.2 Å². The molecule has 0 fully saturated rings. The molecule has 70 heavy (non-hydrogen) atoms. The summed E-state index contributed by atoms with van der Waals surface area (Å²) in [4.78, 5) is 35.9. The van der Waals surface area contributed by atoms with E-state index in [2.05, 4.69) is 124 Å². The molecule has 2 N–H and O–H groups in total. The van der Waals surface area contributed by atoms with Crippen molar-refractivity contribution in [2.75, 3.05) is 10.6 Å². The summed E-state index contributed by atoms with van der Waals surface area (Å²) in [7, 11) is 0. The molecule has 350 valence electrons. The van der Waals surface area contributed by atoms with Crippen molar-refractivity contribution in [2.45, 2.75) is 89.9 Å². The number of rotatable bonds is 10. The van der Waals surface area contributed by atoms with Crippen LogP contribution in [0.15, 0.2) is 157 Å². The Kier molecular flexibility index (Phi) is 10.4. The first kappa shape index (κ1) is 44.5. The van der Waals surface area contributed by atoms with Crippen LogP contribution in [-0.2, 0) is 55.9 Å². The molecule has 0 saturated carbocycles. The van der Waals surface area contributed by atoms with Gasteiger partial charge < -0.3 is 29.6 Å². The molecule has 0 aromatic heterocycles. The number of hydrogen-bond acceptors (Lipinski definition) is 10. The highest BCUT2D eigenvalue weighted by molar-refractivity contribution is 6.10. The third kappa shape index (κ3) is 6.60. The Morgan fingerprint density at radius 1 is 0.543 bits per heavy atom. The van der Waals surface area contributed by atoms with Gasteiger partial charge in [-0.25, -0.2) is 19.6 Å². The van der Waals surface area contributed by atoms with Gasteiger partial charge in [0.15, 0.2) is 11.5 Å². The number of anilines is 2. The minimum Gasteiger partial charge on any atom is -0.459 e. The molecular weight excluding hydrogens is 873 g/mol. The van der Waals surface area contributed by atoms with Crippen LogP contribution in [0.3, 0.4) is 0 Å². The van der Waals surface area contributed by atoms with Crippen molar-refractivity contribution in [3.63, 3.8) is 0 Å². The van der Waals surface area contributed by atoms with Gasteiger partial charge in [-0.1, -0.05) is 122 Å². The van der Waals surface area contributed by atoms with Gasteiger partial charge in [-0.05, 0) is 86.7 Å². The van der Waals surface area contributed by atoms with Crippen LogP contribution in [0.25, 0.3) is 21.5 Å². The van der Waals surface area contributed by atoms with Crippen molar-refractivity contribution >= 4 is 67.7 Å². The first-order valence-electron chi connectivity index (χ1n) is 23.8. The molecule has 0 aliphatic carbocycles. The lowest BCUT2D eigenvalue weighted by Crippen LogP contribution is -2.61. The molecule has 0 radical (unpaired) electrons. The largest absolute Gasteiger partial charge is 0.459 e. The molecule has 4 aliphatic heterocycles. The minimum absolute atomic E-state index is 0.0691. The predicted molar refractivity (Wildman–Crippen MR) is 278 cm³/mol. The van der Waals surface area contributed by atoms with E-state index in [1.54, 1.807) is 0 Å². The number of para-hydroxylation sites is 2. The van der Waals surface area contributed by atoms with Crippen molar-refractivity contribution in [1.82, 2.24) is 0 Å². The first-order chi connectivity index (χ1) is 33.7. The molecule has 4 heterocycles. The molecule has 0 saturated heterocycles. The molecule has 7 aromatic carbocycles. The summed E-state index contributed by atoms with van der Waals surface area (Å²) < 4.78 is 26.2. The Labute approximate surface area is 407 Å². The predicted octanol–water partition coefficient (Wildman–Crippen LogP) is 12.7. The normalized spacial score (nSPS) is 19.6. The fourth-order valence-electron chi connectivity index (χ4n) is 11.3. The third-order valence-corrected chi connectivity index (χ3v) is 15.2. The number of carbonyl (C=O) groups excluding carboxylic acids is 2. The number of aliphatic imine (C=N–C) groups is 2. The second kappa shape index (κ2) is 16.3. The average Bonchev–Trinajstić information content (AvgIpc) is 3.73. The van der Waals surface area contributed by atoms with Crippen LogP contribution in [0, 0.1) is 13.8 Å². The number of benzene rings is 7. The van der Waals surface area contributed by atoms with E-state index < -0.39 is 34.2 Å². The maximum Gasteiger partial charge on any atom is 0.330 e. The lowest BCUT2D eigenvalue weighted by atomic mass is 9.73. The number of carbonyl (C=O) groups is 2. The van der Waals surface area contributed by atoms with Crippen molar-refractivity contribution in [1.29, 1.82) is 0 Å². The fourth-order valence-corrected chi connectivity index (χ4v) is 11.3. The number of nitrogens with one attached hydrogen (secondary N) is 2. The number of nitrogens with zero attached hydrogens (tertiary/aromatic N) is 2. The van der Waals surface area contributed by atoms with Crippen LogP contribution in [0.4, 0.5) is 22.7 Å². The van der Waals surface area contributed by atoms with Gasteiger partial charge in [0.1, 0.15) is 24.6 Å². The van der Waals surface area contributed by atoms with Gasteiger partial charge in [0.05, 0.1) is 22.3 Å². The summed E-state index contributed by atoms with van der Waals surface area (Å²) in [6.07, 6.45) is 3.36. The topological polar surface area (TPSA) is 120 Å². The second-order valence-corrected chi connectivity index (χ2v) is 19.7. The molecule has 2 unspecified atom stereocenters. The van der Waals surface area contributed by atoms with Crippen LogP contribution in [0.1, 0.15) is 72.2 Å². The minimum atomic E-state index is -1.05. The van der Waals surface area contributed by atoms with Gasteiger partial charge in [-0.3, -0.25) is 0 Å². The van der Waals surface area contributed by atoms with Crippen LogP contribution in [-0.4, -0.2) is 34.8 Å². The summed E-state index contributed by atoms with van der Waals surface area (Å²) >= 11 is 0. The molecule has 7 aromatic rings. The highest BCUT2D eigenvalue weighted by Gasteiger charge is 2.61. The maximum atomic E-state index is 12.3. The van der Waals surface area contributed by atoms with Gasteiger partial charge in [-0.15, -0.1) is 0 Å². The van der Waals surface area contributed by atoms with Gasteiger partial charge in [0.2, 0.25) is 11.4 Å². The monoisotopic (exact) mass is 926 g/mol. The number of esters is 2. The first-order valence-corrected chi connectivity index (χ1v) is 23.8. The summed E-state index contributed by atoms with van der Waals surface area (Å²) in [5.41, 5.74) is 9.79. The molecule has 10 heteroatoms. The average molecular weight is 927 g/mol. The Morgan fingerprint density at radius 2 is 0.900 bits per heavy atom. The Morgan fingerprint density at radius 3 is 1.27 bits per heavy atom. The van der Waals surface area contributed by atoms with E-state index in [1.807, 2.05) is 62.4 Å². The summed E-state index contributed by atoms with van der Waals surface area (Å²) in [5, 5.41) is 11.4. The second-order valence-electron chi connectivity index (χ2n) is 19.7. The lowest BCUT2D eigenvalue weighted by molar-refractivity contribution is -0.139. The smallest absolute Gasteiger partial charge is 0.330 e. The van der Waals surface area contributed by atoms with Crippen LogP contribution >= 0.6 is 0 Å². The highest BCUT2D eigenvalue weighted by atomic mass is 16.5. The quantitative estimate of drug-likeness (QED) is 0.103. The number of hydrogen-bond donors (Lipinski definition) is 2. The number of fused-ring (bicyclic) bond motifs is 8. The van der Waals surface area contributed by atoms with Crippen molar-refractivity contribution in [2.24, 2.45) is 9.98 Å². The van der Waals surface area contributed by atoms with E-state index in [0.717, 1.165) is 100 Å². The summed E-state index contributed by atoms with van der Waals surface area (Å²) in [6.45, 7) is 20.2. The Bertz CT molecular complexity index is 3230. The molecule has 0 amide bonds. The van der Waals surface area contributed by atoms with E-state index in [0.29, 0.717) is 24.3 Å².